The van der Waals surface area contributed by atoms with Crippen LogP contribution in [0.2, 0.25) is 0 Å². The average molecular weight is 590 g/mol. The number of benzene rings is 1. The Kier molecular flexibility index (Phi) is 7.81. The largest absolute Gasteiger partial charge is 0.466 e. The molecule has 3 aromatic rings. The number of carbonyl (C=O) groups excluding carboxylic acids is 2. The van der Waals surface area contributed by atoms with Crippen molar-refractivity contribution in [3.05, 3.63) is 45.4 Å². The number of H-pyrrole nitrogens is 1. The maximum atomic E-state index is 13.7. The van der Waals surface area contributed by atoms with Crippen LogP contribution >= 0.6 is 11.3 Å². The number of fused-ring (bicyclic) bond motifs is 2. The van der Waals surface area contributed by atoms with Gasteiger partial charge in [-0.3, -0.25) is 9.59 Å². The number of sulfonamides is 1. The van der Waals surface area contributed by atoms with Crippen LogP contribution in [0.4, 0.5) is 0 Å². The van der Waals surface area contributed by atoms with Gasteiger partial charge in [0.2, 0.25) is 0 Å². The van der Waals surface area contributed by atoms with Crippen LogP contribution in [0.5, 0.6) is 0 Å². The van der Waals surface area contributed by atoms with Gasteiger partial charge in [0.1, 0.15) is 5.03 Å². The first-order valence-corrected chi connectivity index (χ1v) is 15.1. The third kappa shape index (κ3) is 5.41. The molecule has 40 heavy (non-hydrogen) atoms. The summed E-state index contributed by atoms with van der Waals surface area (Å²) in [6.45, 7) is 3.53. The lowest BCUT2D eigenvalue weighted by Gasteiger charge is -2.39. The van der Waals surface area contributed by atoms with Gasteiger partial charge in [-0.05, 0) is 26.1 Å². The van der Waals surface area contributed by atoms with E-state index in [0.717, 1.165) is 30.1 Å². The van der Waals surface area contributed by atoms with Gasteiger partial charge in [0, 0.05) is 60.5 Å². The summed E-state index contributed by atoms with van der Waals surface area (Å²) in [6.07, 6.45) is 0.620. The number of esters is 1. The molecule has 2 aromatic heterocycles. The maximum Gasteiger partial charge on any atom is 0.307 e. The number of piperazine rings is 1. The van der Waals surface area contributed by atoms with E-state index >= 15 is 0 Å². The van der Waals surface area contributed by atoms with Gasteiger partial charge in [-0.2, -0.15) is 4.31 Å². The van der Waals surface area contributed by atoms with Gasteiger partial charge in [0.05, 0.1) is 24.8 Å². The molecule has 5 rings (SSSR count). The number of nitrogens with two attached hydrogens (primary N) is 1. The normalized spacial score (nSPS) is 19.1. The van der Waals surface area contributed by atoms with Crippen LogP contribution in [0.25, 0.3) is 10.9 Å². The van der Waals surface area contributed by atoms with Crippen LogP contribution in [0.1, 0.15) is 39.3 Å². The van der Waals surface area contributed by atoms with E-state index < -0.39 is 22.0 Å². The Morgan fingerprint density at radius 3 is 2.83 bits per heavy atom. The molecular weight excluding hydrogens is 558 g/mol. The van der Waals surface area contributed by atoms with Crippen molar-refractivity contribution in [1.82, 2.24) is 24.1 Å². The predicted octanol–water partition coefficient (Wildman–Crippen LogP) is 1.18. The Balaban J connectivity index is 1.40. The molecule has 1 saturated heterocycles. The Hall–Kier alpha value is -3.53. The van der Waals surface area contributed by atoms with Gasteiger partial charge in [-0.1, -0.05) is 17.3 Å². The van der Waals surface area contributed by atoms with Gasteiger partial charge in [0.25, 0.3) is 15.9 Å². The molecule has 2 aliphatic rings. The summed E-state index contributed by atoms with van der Waals surface area (Å²) in [7, 11) is -1.99. The number of nitrogens with zero attached hydrogens (tertiary/aromatic N) is 5. The second-order valence-electron chi connectivity index (χ2n) is 9.82. The molecule has 1 amide bonds. The number of rotatable bonds is 7. The van der Waals surface area contributed by atoms with Gasteiger partial charge < -0.3 is 30.5 Å². The lowest BCUT2D eigenvalue weighted by Crippen LogP contribution is -2.57. The Morgan fingerprint density at radius 2 is 2.08 bits per heavy atom. The summed E-state index contributed by atoms with van der Waals surface area (Å²) in [4.78, 5) is 38.3. The highest BCUT2D eigenvalue weighted by Crippen LogP contribution is 2.29. The first kappa shape index (κ1) is 28.0. The minimum absolute atomic E-state index is 0.0365. The fourth-order valence-corrected chi connectivity index (χ4v) is 7.66. The topological polar surface area (TPSA) is 175 Å². The van der Waals surface area contributed by atoms with E-state index in [1.807, 2.05) is 7.05 Å². The maximum absolute atomic E-state index is 13.7. The summed E-state index contributed by atoms with van der Waals surface area (Å²) in [5.41, 5.74) is 7.52. The number of hydrogen-bond donors (Lipinski definition) is 3. The molecule has 0 aliphatic carbocycles. The first-order valence-electron chi connectivity index (χ1n) is 12.8. The molecule has 0 radical (unpaired) electrons. The summed E-state index contributed by atoms with van der Waals surface area (Å²) < 4.78 is 33.8. The number of aromatic nitrogens is 2. The smallest absolute Gasteiger partial charge is 0.307 e. The summed E-state index contributed by atoms with van der Waals surface area (Å²) >= 11 is 1.35. The number of thiazole rings is 1. The fraction of sp³-hybridized carbons (Fsp3) is 0.440. The lowest BCUT2D eigenvalue weighted by molar-refractivity contribution is -0.144. The summed E-state index contributed by atoms with van der Waals surface area (Å²) in [6, 6.07) is 5.67. The lowest BCUT2D eigenvalue weighted by atomic mass is 10.1. The standard InChI is InChI=1S/C25H31N7O6S2/c1-3-38-22(33)12-17-13-31(8-9-32(17)25(34)24-28-18-6-7-30(2)14-20(18)39-24)40(36,37)21-11-15-4-5-16(23(26)29-35)10-19(15)27-21/h4-5,10-11,17,27,35H,3,6-9,12-14H2,1-2H3,(H2,26,29). The van der Waals surface area contributed by atoms with Crippen molar-refractivity contribution in [3.63, 3.8) is 0 Å². The number of carbonyl (C=O) groups is 2. The highest BCUT2D eigenvalue weighted by Gasteiger charge is 2.39. The third-order valence-electron chi connectivity index (χ3n) is 7.14. The van der Waals surface area contributed by atoms with E-state index in [0.29, 0.717) is 21.5 Å². The molecule has 15 heteroatoms. The van der Waals surface area contributed by atoms with Crippen molar-refractivity contribution in [2.45, 2.75) is 37.4 Å². The van der Waals surface area contributed by atoms with Crippen LogP contribution in [0, 0.1) is 0 Å². The molecular formula is C25H31N7O6S2. The number of hydrogen-bond acceptors (Lipinski definition) is 10. The molecule has 0 spiro atoms. The van der Waals surface area contributed by atoms with Crippen molar-refractivity contribution in [2.24, 2.45) is 10.9 Å². The van der Waals surface area contributed by atoms with E-state index in [-0.39, 0.29) is 49.4 Å². The number of amides is 1. The number of amidine groups is 1. The number of likely N-dealkylation sites (N-methyl/N-ethyl adjacent to an activating group) is 1. The van der Waals surface area contributed by atoms with E-state index in [2.05, 4.69) is 20.0 Å². The van der Waals surface area contributed by atoms with Gasteiger partial charge >= 0.3 is 5.97 Å². The zero-order valence-electron chi connectivity index (χ0n) is 22.2. The van der Waals surface area contributed by atoms with Crippen LogP contribution in [0.15, 0.2) is 34.4 Å². The van der Waals surface area contributed by atoms with E-state index in [4.69, 9.17) is 15.7 Å². The number of ether oxygens (including phenoxy) is 1. The van der Waals surface area contributed by atoms with Crippen molar-refractivity contribution in [1.29, 1.82) is 0 Å². The van der Waals surface area contributed by atoms with Crippen LogP contribution in [-0.2, 0) is 32.5 Å². The molecule has 0 bridgehead atoms. The van der Waals surface area contributed by atoms with Gasteiger partial charge in [-0.15, -0.1) is 11.3 Å². The quantitative estimate of drug-likeness (QED) is 0.120. The Labute approximate surface area is 235 Å². The highest BCUT2D eigenvalue weighted by molar-refractivity contribution is 7.89. The Bertz CT molecular complexity index is 1580. The fourth-order valence-electron chi connectivity index (χ4n) is 5.03. The minimum Gasteiger partial charge on any atom is -0.466 e. The SMILES string of the molecule is CCOC(=O)CC1CN(S(=O)(=O)c2cc3ccc(C(N)=NO)cc3[nH]2)CCN1C(=O)c1nc2c(s1)CN(C)CC2. The molecule has 1 atom stereocenters. The molecule has 13 nitrogen and oxygen atoms in total. The first-order chi connectivity index (χ1) is 19.1. The van der Waals surface area contributed by atoms with Crippen molar-refractivity contribution >= 4 is 50.0 Å². The Morgan fingerprint density at radius 1 is 1.27 bits per heavy atom. The van der Waals surface area contributed by atoms with E-state index in [1.165, 1.54) is 21.7 Å². The average Bonchev–Trinajstić information content (AvgIpc) is 3.56. The molecule has 1 unspecified atom stereocenters. The van der Waals surface area contributed by atoms with Gasteiger partial charge in [-0.25, -0.2) is 13.4 Å². The minimum atomic E-state index is -4.01. The molecule has 4 heterocycles. The highest BCUT2D eigenvalue weighted by atomic mass is 32.2. The summed E-state index contributed by atoms with van der Waals surface area (Å²) in [5, 5.41) is 12.9. The molecule has 1 aromatic carbocycles. The van der Waals surface area contributed by atoms with Crippen molar-refractivity contribution < 1.29 is 28.0 Å². The number of aromatic amines is 1. The van der Waals surface area contributed by atoms with Gasteiger partial charge in [0.15, 0.2) is 10.8 Å². The number of nitrogens with one attached hydrogen (secondary N) is 1. The van der Waals surface area contributed by atoms with Crippen LogP contribution in [-0.4, -0.2) is 101 Å². The van der Waals surface area contributed by atoms with E-state index in [1.54, 1.807) is 30.0 Å². The molecule has 4 N–H and O–H groups in total. The summed E-state index contributed by atoms with van der Waals surface area (Å²) in [5.74, 6) is -0.919. The molecule has 2 aliphatic heterocycles. The van der Waals surface area contributed by atoms with Crippen molar-refractivity contribution in [3.8, 4) is 0 Å². The molecule has 0 saturated carbocycles. The zero-order valence-corrected chi connectivity index (χ0v) is 23.8. The van der Waals surface area contributed by atoms with Crippen LogP contribution in [0.3, 0.4) is 0 Å². The molecule has 214 valence electrons. The molecule has 1 fully saturated rings. The monoisotopic (exact) mass is 589 g/mol. The third-order valence-corrected chi connectivity index (χ3v) is 10.00. The number of oxime groups is 1. The predicted molar refractivity (Wildman–Crippen MR) is 148 cm³/mol. The second-order valence-corrected chi connectivity index (χ2v) is 12.8. The van der Waals surface area contributed by atoms with Crippen molar-refractivity contribution in [2.75, 3.05) is 39.8 Å². The van der Waals surface area contributed by atoms with E-state index in [9.17, 15) is 18.0 Å². The second kappa shape index (κ2) is 11.2. The van der Waals surface area contributed by atoms with Crippen LogP contribution < -0.4 is 5.73 Å². The zero-order chi connectivity index (χ0) is 28.6.